The number of aryl methyl sites for hydroxylation is 2. The van der Waals surface area contributed by atoms with Crippen LogP contribution in [0.4, 0.5) is 17.1 Å². The summed E-state index contributed by atoms with van der Waals surface area (Å²) in [5.41, 5.74) is 6.40. The molecule has 1 aliphatic heterocycles. The van der Waals surface area contributed by atoms with Gasteiger partial charge in [0.1, 0.15) is 6.17 Å². The molecule has 2 heterocycles. The average Bonchev–Trinajstić information content (AvgIpc) is 2.88. The van der Waals surface area contributed by atoms with Crippen LogP contribution in [0.2, 0.25) is 0 Å². The Morgan fingerprint density at radius 3 is 2.38 bits per heavy atom. The van der Waals surface area contributed by atoms with Gasteiger partial charge in [0.05, 0.1) is 22.8 Å². The Morgan fingerprint density at radius 1 is 0.958 bits per heavy atom. The molecule has 1 aromatic heterocycles. The second-order valence-electron chi connectivity index (χ2n) is 7.25. The molecule has 3 heteroatoms. The van der Waals surface area contributed by atoms with Gasteiger partial charge < -0.3 is 9.80 Å². The van der Waals surface area contributed by atoms with Gasteiger partial charge in [-0.1, -0.05) is 31.4 Å². The van der Waals surface area contributed by atoms with Crippen LogP contribution in [0, 0.1) is 13.8 Å². The maximum Gasteiger partial charge on any atom is 0.104 e. The number of hydrogen-bond donors (Lipinski definition) is 0. The van der Waals surface area contributed by atoms with Crippen molar-refractivity contribution in [1.82, 2.24) is 4.98 Å². The lowest BCUT2D eigenvalue weighted by Crippen LogP contribution is -2.46. The Labute approximate surface area is 145 Å². The normalized spacial score (nSPS) is 21.2. The quantitative estimate of drug-likeness (QED) is 0.744. The maximum absolute atomic E-state index is 4.57. The highest BCUT2D eigenvalue weighted by atomic mass is 15.4. The summed E-state index contributed by atoms with van der Waals surface area (Å²) in [6.45, 7) is 6.67. The van der Waals surface area contributed by atoms with Crippen LogP contribution < -0.4 is 9.80 Å². The Balaban J connectivity index is 1.82. The van der Waals surface area contributed by atoms with E-state index in [2.05, 4.69) is 65.9 Å². The highest BCUT2D eigenvalue weighted by Crippen LogP contribution is 2.47. The number of anilines is 3. The van der Waals surface area contributed by atoms with Crippen LogP contribution in [0.3, 0.4) is 0 Å². The van der Waals surface area contributed by atoms with Crippen LogP contribution >= 0.6 is 0 Å². The van der Waals surface area contributed by atoms with Gasteiger partial charge in [-0.05, 0) is 57.4 Å². The van der Waals surface area contributed by atoms with Crippen molar-refractivity contribution in [3.05, 3.63) is 47.8 Å². The van der Waals surface area contributed by atoms with Crippen molar-refractivity contribution >= 4 is 17.1 Å². The number of aromatic nitrogens is 1. The number of benzene rings is 1. The van der Waals surface area contributed by atoms with E-state index >= 15 is 0 Å². The van der Waals surface area contributed by atoms with E-state index in [0.29, 0.717) is 12.2 Å². The molecule has 1 atom stereocenters. The third-order valence-corrected chi connectivity index (χ3v) is 5.71. The maximum atomic E-state index is 4.57. The molecule has 0 amide bonds. The fourth-order valence-corrected chi connectivity index (χ4v) is 4.63. The molecular formula is C21H27N3. The van der Waals surface area contributed by atoms with E-state index in [-0.39, 0.29) is 0 Å². The standard InChI is InChI=1S/C21H27N3/c1-15-13-14-22-16(2)21(15)24-17(3)23(18-9-5-4-6-10-18)19-11-7-8-12-20(19)24/h7-8,11-14,17-18H,4-6,9-10H2,1-3H3/t17-/m1/s1. The van der Waals surface area contributed by atoms with Crippen molar-refractivity contribution in [2.24, 2.45) is 0 Å². The average molecular weight is 321 g/mol. The molecule has 0 spiro atoms. The minimum absolute atomic E-state index is 0.340. The molecule has 0 bridgehead atoms. The smallest absolute Gasteiger partial charge is 0.104 e. The second kappa shape index (κ2) is 6.12. The third kappa shape index (κ3) is 2.38. The molecule has 1 fully saturated rings. The first-order chi connectivity index (χ1) is 11.7. The fraction of sp³-hybridized carbons (Fsp3) is 0.476. The molecule has 0 saturated heterocycles. The Bertz CT molecular complexity index is 713. The zero-order chi connectivity index (χ0) is 16.7. The van der Waals surface area contributed by atoms with Crippen molar-refractivity contribution in [2.45, 2.75) is 65.1 Å². The molecule has 0 unspecified atom stereocenters. The zero-order valence-corrected chi connectivity index (χ0v) is 15.0. The lowest BCUT2D eigenvalue weighted by molar-refractivity contribution is 0.400. The molecule has 1 saturated carbocycles. The number of fused-ring (bicyclic) bond motifs is 1. The number of para-hydroxylation sites is 2. The van der Waals surface area contributed by atoms with Crippen molar-refractivity contribution in [3.63, 3.8) is 0 Å². The molecule has 0 N–H and O–H groups in total. The summed E-state index contributed by atoms with van der Waals surface area (Å²) in [6, 6.07) is 11.7. The van der Waals surface area contributed by atoms with E-state index in [9.17, 15) is 0 Å². The molecule has 2 aromatic rings. The van der Waals surface area contributed by atoms with E-state index in [1.54, 1.807) is 0 Å². The number of nitrogens with zero attached hydrogens (tertiary/aromatic N) is 3. The fourth-order valence-electron chi connectivity index (χ4n) is 4.63. The first-order valence-corrected chi connectivity index (χ1v) is 9.27. The minimum atomic E-state index is 0.340. The predicted molar refractivity (Wildman–Crippen MR) is 101 cm³/mol. The zero-order valence-electron chi connectivity index (χ0n) is 15.0. The lowest BCUT2D eigenvalue weighted by Gasteiger charge is -2.38. The first-order valence-electron chi connectivity index (χ1n) is 9.27. The number of pyridine rings is 1. The summed E-state index contributed by atoms with van der Waals surface area (Å²) in [5.74, 6) is 0. The molecule has 4 rings (SSSR count). The van der Waals surface area contributed by atoms with Gasteiger partial charge >= 0.3 is 0 Å². The van der Waals surface area contributed by atoms with Gasteiger partial charge in [0.2, 0.25) is 0 Å². The summed E-state index contributed by atoms with van der Waals surface area (Å²) < 4.78 is 0. The van der Waals surface area contributed by atoms with Crippen LogP contribution in [0.1, 0.15) is 50.3 Å². The minimum Gasteiger partial charge on any atom is -0.346 e. The Kier molecular flexibility index (Phi) is 3.95. The van der Waals surface area contributed by atoms with Gasteiger partial charge in [-0.3, -0.25) is 4.98 Å². The van der Waals surface area contributed by atoms with E-state index in [0.717, 1.165) is 5.69 Å². The van der Waals surface area contributed by atoms with Crippen LogP contribution in [-0.2, 0) is 0 Å². The second-order valence-corrected chi connectivity index (χ2v) is 7.25. The Hall–Kier alpha value is -2.03. The molecule has 3 nitrogen and oxygen atoms in total. The summed E-state index contributed by atoms with van der Waals surface area (Å²) >= 11 is 0. The largest absolute Gasteiger partial charge is 0.346 e. The molecule has 1 aliphatic carbocycles. The van der Waals surface area contributed by atoms with Gasteiger partial charge in [-0.25, -0.2) is 0 Å². The summed E-state index contributed by atoms with van der Waals surface area (Å²) in [7, 11) is 0. The van der Waals surface area contributed by atoms with E-state index in [1.165, 1.54) is 54.7 Å². The van der Waals surface area contributed by atoms with Gasteiger partial charge in [0.15, 0.2) is 0 Å². The van der Waals surface area contributed by atoms with Crippen molar-refractivity contribution in [2.75, 3.05) is 9.80 Å². The molecule has 24 heavy (non-hydrogen) atoms. The van der Waals surface area contributed by atoms with Crippen LogP contribution in [0.15, 0.2) is 36.5 Å². The van der Waals surface area contributed by atoms with Crippen LogP contribution in [-0.4, -0.2) is 17.2 Å². The Morgan fingerprint density at radius 2 is 1.67 bits per heavy atom. The summed E-state index contributed by atoms with van der Waals surface area (Å²) in [4.78, 5) is 9.74. The highest BCUT2D eigenvalue weighted by molar-refractivity contribution is 5.85. The number of rotatable bonds is 2. The van der Waals surface area contributed by atoms with Gasteiger partial charge in [-0.15, -0.1) is 0 Å². The van der Waals surface area contributed by atoms with Gasteiger partial charge in [0, 0.05) is 12.2 Å². The molecular weight excluding hydrogens is 294 g/mol. The lowest BCUT2D eigenvalue weighted by atomic mass is 9.93. The number of hydrogen-bond acceptors (Lipinski definition) is 3. The first kappa shape index (κ1) is 15.5. The van der Waals surface area contributed by atoms with Crippen molar-refractivity contribution in [1.29, 1.82) is 0 Å². The molecule has 126 valence electrons. The molecule has 2 aliphatic rings. The summed E-state index contributed by atoms with van der Waals surface area (Å²) in [6.07, 6.45) is 9.01. The van der Waals surface area contributed by atoms with Gasteiger partial charge in [0.25, 0.3) is 0 Å². The highest BCUT2D eigenvalue weighted by Gasteiger charge is 2.38. The topological polar surface area (TPSA) is 19.4 Å². The van der Waals surface area contributed by atoms with Crippen LogP contribution in [0.25, 0.3) is 0 Å². The van der Waals surface area contributed by atoms with Crippen LogP contribution in [0.5, 0.6) is 0 Å². The summed E-state index contributed by atoms with van der Waals surface area (Å²) in [5, 5.41) is 0. The SMILES string of the molecule is Cc1ccnc(C)c1N1c2ccccc2N(C2CCCCC2)[C@H]1C. The van der Waals surface area contributed by atoms with E-state index < -0.39 is 0 Å². The van der Waals surface area contributed by atoms with E-state index in [1.807, 2.05) is 6.20 Å². The third-order valence-electron chi connectivity index (χ3n) is 5.71. The predicted octanol–water partition coefficient (Wildman–Crippen LogP) is 5.34. The molecule has 1 aromatic carbocycles. The van der Waals surface area contributed by atoms with Gasteiger partial charge in [-0.2, -0.15) is 0 Å². The molecule has 0 radical (unpaired) electrons. The van der Waals surface area contributed by atoms with Crippen molar-refractivity contribution < 1.29 is 0 Å². The van der Waals surface area contributed by atoms with E-state index in [4.69, 9.17) is 0 Å². The monoisotopic (exact) mass is 321 g/mol. The van der Waals surface area contributed by atoms with Crippen molar-refractivity contribution in [3.8, 4) is 0 Å².